The normalized spacial score (nSPS) is 14.2. The van der Waals surface area contributed by atoms with E-state index in [1.54, 1.807) is 43.3 Å². The summed E-state index contributed by atoms with van der Waals surface area (Å²) >= 11 is 6.06. The molecular formula is C19H14ClNO4. The van der Waals surface area contributed by atoms with Gasteiger partial charge >= 0.3 is 0 Å². The number of hydrogen-bond donors (Lipinski definition) is 1. The number of rotatable bonds is 4. The standard InChI is InChI=1S/C19H14ClNO4/c1-2-25-15-9-11(7-8-14(15)22)10-21-17-16(20)18(23)12-5-3-4-6-13(12)19(17)24/h3-10,22H,2H2,1H3. The van der Waals surface area contributed by atoms with Gasteiger partial charge in [-0.3, -0.25) is 14.6 Å². The van der Waals surface area contributed by atoms with Crippen molar-refractivity contribution in [3.05, 3.63) is 69.9 Å². The minimum absolute atomic E-state index is 0.00842. The van der Waals surface area contributed by atoms with Crippen molar-refractivity contribution in [1.29, 1.82) is 0 Å². The summed E-state index contributed by atoms with van der Waals surface area (Å²) in [6.45, 7) is 2.20. The summed E-state index contributed by atoms with van der Waals surface area (Å²) in [4.78, 5) is 29.0. The Hall–Kier alpha value is -2.92. The van der Waals surface area contributed by atoms with Crippen molar-refractivity contribution < 1.29 is 19.4 Å². The molecule has 6 heteroatoms. The lowest BCUT2D eigenvalue weighted by Gasteiger charge is -2.14. The van der Waals surface area contributed by atoms with Gasteiger partial charge in [-0.2, -0.15) is 0 Å². The second-order valence-electron chi connectivity index (χ2n) is 5.28. The van der Waals surface area contributed by atoms with Crippen LogP contribution in [-0.2, 0) is 0 Å². The molecule has 0 amide bonds. The smallest absolute Gasteiger partial charge is 0.213 e. The lowest BCUT2D eigenvalue weighted by molar-refractivity contribution is 0.0980. The number of hydrogen-bond acceptors (Lipinski definition) is 5. The third kappa shape index (κ3) is 3.19. The first-order valence-corrected chi connectivity index (χ1v) is 7.98. The number of phenols is 1. The number of fused-ring (bicyclic) bond motifs is 1. The highest BCUT2D eigenvalue weighted by Gasteiger charge is 2.30. The van der Waals surface area contributed by atoms with Crippen molar-refractivity contribution in [2.75, 3.05) is 6.61 Å². The molecule has 0 spiro atoms. The molecule has 126 valence electrons. The first-order valence-electron chi connectivity index (χ1n) is 7.61. The summed E-state index contributed by atoms with van der Waals surface area (Å²) in [6, 6.07) is 11.1. The quantitative estimate of drug-likeness (QED) is 0.848. The monoisotopic (exact) mass is 355 g/mol. The Balaban J connectivity index is 1.96. The van der Waals surface area contributed by atoms with E-state index >= 15 is 0 Å². The number of nitrogens with zero attached hydrogens (tertiary/aromatic N) is 1. The molecule has 1 N–H and O–H groups in total. The average Bonchev–Trinajstić information content (AvgIpc) is 2.62. The lowest BCUT2D eigenvalue weighted by atomic mass is 9.93. The summed E-state index contributed by atoms with van der Waals surface area (Å²) in [5.74, 6) is -0.512. The van der Waals surface area contributed by atoms with Crippen molar-refractivity contribution in [2.24, 2.45) is 4.99 Å². The van der Waals surface area contributed by atoms with Gasteiger partial charge in [0.2, 0.25) is 11.6 Å². The maximum absolute atomic E-state index is 12.5. The number of carbonyl (C=O) groups is 2. The number of allylic oxidation sites excluding steroid dienone is 2. The number of phenolic OH excluding ortho intramolecular Hbond substituents is 1. The number of ketones is 2. The Kier molecular flexibility index (Phi) is 4.67. The van der Waals surface area contributed by atoms with Crippen molar-refractivity contribution in [3.63, 3.8) is 0 Å². The van der Waals surface area contributed by atoms with E-state index in [9.17, 15) is 14.7 Å². The van der Waals surface area contributed by atoms with E-state index in [4.69, 9.17) is 16.3 Å². The van der Waals surface area contributed by atoms with Gasteiger partial charge in [0.25, 0.3) is 0 Å². The zero-order chi connectivity index (χ0) is 18.0. The molecule has 0 atom stereocenters. The molecule has 5 nitrogen and oxygen atoms in total. The van der Waals surface area contributed by atoms with E-state index in [-0.39, 0.29) is 27.6 Å². The molecule has 0 heterocycles. The maximum atomic E-state index is 12.5. The highest BCUT2D eigenvalue weighted by molar-refractivity contribution is 6.50. The molecule has 0 saturated heterocycles. The van der Waals surface area contributed by atoms with Crippen LogP contribution in [0.3, 0.4) is 0 Å². The lowest BCUT2D eigenvalue weighted by Crippen LogP contribution is -2.19. The van der Waals surface area contributed by atoms with Crippen molar-refractivity contribution >= 4 is 29.4 Å². The Morgan fingerprint density at radius 2 is 1.80 bits per heavy atom. The van der Waals surface area contributed by atoms with E-state index in [1.807, 2.05) is 0 Å². The predicted octanol–water partition coefficient (Wildman–Crippen LogP) is 3.74. The first kappa shape index (κ1) is 16.9. The molecule has 2 aromatic carbocycles. The van der Waals surface area contributed by atoms with Gasteiger partial charge in [0.1, 0.15) is 10.7 Å². The number of Topliss-reactive ketones (excluding diaryl/α,β-unsaturated/α-hetero) is 2. The molecule has 1 aliphatic rings. The van der Waals surface area contributed by atoms with Crippen molar-refractivity contribution in [3.8, 4) is 11.5 Å². The van der Waals surface area contributed by atoms with Crippen LogP contribution in [0.1, 0.15) is 33.2 Å². The van der Waals surface area contributed by atoms with E-state index < -0.39 is 11.6 Å². The molecule has 0 fully saturated rings. The first-order chi connectivity index (χ1) is 12.0. The summed E-state index contributed by atoms with van der Waals surface area (Å²) in [5.41, 5.74) is 1.05. The van der Waals surface area contributed by atoms with Crippen LogP contribution in [0.25, 0.3) is 0 Å². The van der Waals surface area contributed by atoms with Crippen LogP contribution >= 0.6 is 11.6 Å². The Labute approximate surface area is 149 Å². The summed E-state index contributed by atoms with van der Waals surface area (Å²) in [6.07, 6.45) is 1.40. The summed E-state index contributed by atoms with van der Waals surface area (Å²) in [7, 11) is 0. The van der Waals surface area contributed by atoms with Crippen LogP contribution in [0.15, 0.2) is 58.2 Å². The van der Waals surface area contributed by atoms with Crippen LogP contribution in [0.2, 0.25) is 0 Å². The molecule has 0 radical (unpaired) electrons. The maximum Gasteiger partial charge on any atom is 0.213 e. The van der Waals surface area contributed by atoms with E-state index in [0.29, 0.717) is 17.9 Å². The molecule has 0 bridgehead atoms. The second-order valence-corrected chi connectivity index (χ2v) is 5.66. The SMILES string of the molecule is CCOc1cc(C=NC2=C(Cl)C(=O)c3ccccc3C2=O)ccc1O. The van der Waals surface area contributed by atoms with Crippen molar-refractivity contribution in [2.45, 2.75) is 6.92 Å². The number of aromatic hydroxyl groups is 1. The van der Waals surface area contributed by atoms with Crippen LogP contribution in [0, 0.1) is 0 Å². The number of ether oxygens (including phenoxy) is 1. The van der Waals surface area contributed by atoms with Gasteiger partial charge in [-0.05, 0) is 30.7 Å². The molecule has 3 rings (SSSR count). The Morgan fingerprint density at radius 1 is 1.12 bits per heavy atom. The van der Waals surface area contributed by atoms with Crippen LogP contribution < -0.4 is 4.74 Å². The molecule has 0 aliphatic heterocycles. The number of benzene rings is 2. The van der Waals surface area contributed by atoms with Gasteiger partial charge in [0.05, 0.1) is 6.61 Å². The predicted molar refractivity (Wildman–Crippen MR) is 94.9 cm³/mol. The molecule has 0 unspecified atom stereocenters. The molecular weight excluding hydrogens is 342 g/mol. The molecule has 1 aliphatic carbocycles. The topological polar surface area (TPSA) is 76.0 Å². The zero-order valence-corrected chi connectivity index (χ0v) is 14.1. The fourth-order valence-corrected chi connectivity index (χ4v) is 2.71. The minimum atomic E-state index is -0.426. The molecule has 0 saturated carbocycles. The van der Waals surface area contributed by atoms with E-state index in [0.717, 1.165) is 0 Å². The van der Waals surface area contributed by atoms with Gasteiger partial charge in [0.15, 0.2) is 11.5 Å². The number of halogens is 1. The van der Waals surface area contributed by atoms with E-state index in [2.05, 4.69) is 4.99 Å². The minimum Gasteiger partial charge on any atom is -0.504 e. The second kappa shape index (κ2) is 6.91. The van der Waals surface area contributed by atoms with Gasteiger partial charge in [0, 0.05) is 17.3 Å². The van der Waals surface area contributed by atoms with Crippen LogP contribution in [-0.4, -0.2) is 29.5 Å². The Bertz CT molecular complexity index is 931. The molecule has 0 aromatic heterocycles. The fourth-order valence-electron chi connectivity index (χ4n) is 2.47. The van der Waals surface area contributed by atoms with Crippen LogP contribution in [0.4, 0.5) is 0 Å². The third-order valence-electron chi connectivity index (χ3n) is 3.67. The highest BCUT2D eigenvalue weighted by Crippen LogP contribution is 2.30. The third-order valence-corrected chi connectivity index (χ3v) is 4.02. The number of aliphatic imine (C=N–C) groups is 1. The average molecular weight is 356 g/mol. The van der Waals surface area contributed by atoms with E-state index in [1.165, 1.54) is 12.3 Å². The summed E-state index contributed by atoms with van der Waals surface area (Å²) in [5, 5.41) is 9.51. The highest BCUT2D eigenvalue weighted by atomic mass is 35.5. The molecule has 2 aromatic rings. The molecule has 25 heavy (non-hydrogen) atoms. The van der Waals surface area contributed by atoms with Gasteiger partial charge in [-0.25, -0.2) is 0 Å². The van der Waals surface area contributed by atoms with Gasteiger partial charge < -0.3 is 9.84 Å². The van der Waals surface area contributed by atoms with Gasteiger partial charge in [-0.15, -0.1) is 0 Å². The largest absolute Gasteiger partial charge is 0.504 e. The van der Waals surface area contributed by atoms with Crippen molar-refractivity contribution in [1.82, 2.24) is 0 Å². The fraction of sp³-hybridized carbons (Fsp3) is 0.105. The Morgan fingerprint density at radius 3 is 2.48 bits per heavy atom. The van der Waals surface area contributed by atoms with Crippen LogP contribution in [0.5, 0.6) is 11.5 Å². The zero-order valence-electron chi connectivity index (χ0n) is 13.3. The number of carbonyl (C=O) groups excluding carboxylic acids is 2. The summed E-state index contributed by atoms with van der Waals surface area (Å²) < 4.78 is 5.30. The van der Waals surface area contributed by atoms with Gasteiger partial charge in [-0.1, -0.05) is 35.9 Å².